The number of thioether (sulfide) groups is 1. The maximum Gasteiger partial charge on any atom is 0.251 e. The Morgan fingerprint density at radius 3 is 2.44 bits per heavy atom. The van der Waals surface area contributed by atoms with Crippen LogP contribution in [-0.2, 0) is 20.9 Å². The Morgan fingerprint density at radius 1 is 0.902 bits per heavy atom. The summed E-state index contributed by atoms with van der Waals surface area (Å²) in [6, 6.07) is 16.3. The molecule has 9 heteroatoms. The van der Waals surface area contributed by atoms with Gasteiger partial charge < -0.3 is 19.8 Å². The SMILES string of the molecule is O=C1[C@@H]2[C@H](C=CCN1Cc1ccccc1)S[C@]13C=CCN(c4ccc(Cl)cc4)C(=O)C1N(CCCCCO)C(=O)[C@H]23. The fraction of sp³-hybridized carbons (Fsp3) is 0.406. The van der Waals surface area contributed by atoms with Crippen LogP contribution in [0.15, 0.2) is 78.9 Å². The van der Waals surface area contributed by atoms with Crippen molar-refractivity contribution in [2.24, 2.45) is 11.8 Å². The number of nitrogens with zero attached hydrogens (tertiary/aromatic N) is 3. The molecule has 2 aromatic rings. The first-order chi connectivity index (χ1) is 19.9. The number of unbranched alkanes of at least 4 members (excludes halogenated alkanes) is 2. The topological polar surface area (TPSA) is 81.2 Å². The van der Waals surface area contributed by atoms with Gasteiger partial charge in [-0.1, -0.05) is 66.2 Å². The number of likely N-dealkylation sites (tertiary alicyclic amines) is 1. The lowest BCUT2D eigenvalue weighted by molar-refractivity contribution is -0.143. The lowest BCUT2D eigenvalue weighted by Gasteiger charge is -2.35. The van der Waals surface area contributed by atoms with Crippen LogP contribution in [0.1, 0.15) is 24.8 Å². The Bertz CT molecular complexity index is 1370. The average molecular weight is 592 g/mol. The van der Waals surface area contributed by atoms with Gasteiger partial charge in [0.15, 0.2) is 0 Å². The second-order valence-electron chi connectivity index (χ2n) is 11.1. The van der Waals surface area contributed by atoms with E-state index in [4.69, 9.17) is 11.6 Å². The van der Waals surface area contributed by atoms with E-state index in [0.717, 1.165) is 17.7 Å². The van der Waals surface area contributed by atoms with Crippen LogP contribution in [0.3, 0.4) is 0 Å². The van der Waals surface area contributed by atoms with Gasteiger partial charge >= 0.3 is 0 Å². The van der Waals surface area contributed by atoms with Crippen LogP contribution in [0.5, 0.6) is 0 Å². The molecule has 41 heavy (non-hydrogen) atoms. The van der Waals surface area contributed by atoms with E-state index in [-0.39, 0.29) is 29.6 Å². The van der Waals surface area contributed by atoms with Gasteiger partial charge in [0.1, 0.15) is 6.04 Å². The minimum atomic E-state index is -0.850. The lowest BCUT2D eigenvalue weighted by atomic mass is 9.78. The van der Waals surface area contributed by atoms with E-state index in [1.54, 1.807) is 33.7 Å². The Kier molecular flexibility index (Phi) is 7.99. The molecule has 214 valence electrons. The zero-order valence-electron chi connectivity index (χ0n) is 22.8. The highest BCUT2D eigenvalue weighted by Crippen LogP contribution is 2.61. The zero-order chi connectivity index (χ0) is 28.6. The van der Waals surface area contributed by atoms with Gasteiger partial charge in [-0.15, -0.1) is 11.8 Å². The summed E-state index contributed by atoms with van der Waals surface area (Å²) in [6.45, 7) is 1.83. The van der Waals surface area contributed by atoms with Crippen molar-refractivity contribution in [3.05, 3.63) is 89.5 Å². The molecule has 4 aliphatic rings. The van der Waals surface area contributed by atoms with E-state index >= 15 is 0 Å². The van der Waals surface area contributed by atoms with Crippen molar-refractivity contribution in [3.63, 3.8) is 0 Å². The van der Waals surface area contributed by atoms with E-state index in [1.807, 2.05) is 65.6 Å². The molecule has 3 amide bonds. The molecule has 2 saturated heterocycles. The summed E-state index contributed by atoms with van der Waals surface area (Å²) < 4.78 is -0.850. The van der Waals surface area contributed by atoms with Crippen molar-refractivity contribution in [2.75, 3.05) is 31.1 Å². The number of amides is 3. The molecule has 0 saturated carbocycles. The van der Waals surface area contributed by atoms with Gasteiger partial charge in [0.05, 0.1) is 16.6 Å². The molecule has 0 radical (unpaired) electrons. The summed E-state index contributed by atoms with van der Waals surface area (Å²) in [5, 5.41) is 9.68. The van der Waals surface area contributed by atoms with Gasteiger partial charge in [0.2, 0.25) is 11.8 Å². The van der Waals surface area contributed by atoms with Crippen LogP contribution < -0.4 is 4.90 Å². The zero-order valence-corrected chi connectivity index (χ0v) is 24.3. The first-order valence-corrected chi connectivity index (χ1v) is 15.5. The van der Waals surface area contributed by atoms with Gasteiger partial charge in [-0.05, 0) is 49.1 Å². The summed E-state index contributed by atoms with van der Waals surface area (Å²) >= 11 is 7.73. The highest BCUT2D eigenvalue weighted by molar-refractivity contribution is 8.02. The van der Waals surface area contributed by atoms with Crippen LogP contribution >= 0.6 is 23.4 Å². The Hall–Kier alpha value is -3.07. The maximum atomic E-state index is 14.4. The van der Waals surface area contributed by atoms with Crippen LogP contribution in [0, 0.1) is 11.8 Å². The predicted molar refractivity (Wildman–Crippen MR) is 161 cm³/mol. The van der Waals surface area contributed by atoms with Crippen LogP contribution in [0.2, 0.25) is 5.02 Å². The van der Waals surface area contributed by atoms with E-state index in [9.17, 15) is 19.5 Å². The van der Waals surface area contributed by atoms with Crippen molar-refractivity contribution < 1.29 is 19.5 Å². The molecule has 6 rings (SSSR count). The van der Waals surface area contributed by atoms with E-state index in [2.05, 4.69) is 6.08 Å². The number of aliphatic hydroxyl groups is 1. The molecule has 2 fully saturated rings. The van der Waals surface area contributed by atoms with Crippen molar-refractivity contribution in [1.29, 1.82) is 0 Å². The number of benzene rings is 2. The molecule has 1 N–H and O–H groups in total. The van der Waals surface area contributed by atoms with Crippen molar-refractivity contribution >= 4 is 46.8 Å². The number of halogens is 1. The second kappa shape index (κ2) is 11.7. The largest absolute Gasteiger partial charge is 0.396 e. The van der Waals surface area contributed by atoms with Crippen molar-refractivity contribution in [2.45, 2.75) is 41.8 Å². The monoisotopic (exact) mass is 591 g/mol. The van der Waals surface area contributed by atoms with Crippen molar-refractivity contribution in [1.82, 2.24) is 9.80 Å². The average Bonchev–Trinajstić information content (AvgIpc) is 3.29. The number of rotatable bonds is 8. The van der Waals surface area contributed by atoms with Gasteiger partial charge in [-0.25, -0.2) is 0 Å². The first kappa shape index (κ1) is 28.1. The van der Waals surface area contributed by atoms with Crippen LogP contribution in [0.4, 0.5) is 5.69 Å². The molecule has 0 bridgehead atoms. The summed E-state index contributed by atoms with van der Waals surface area (Å²) in [7, 11) is 0. The normalized spacial score (nSPS) is 28.9. The minimum absolute atomic E-state index is 0.0351. The molecule has 7 nitrogen and oxygen atoms in total. The Labute approximate surface area is 249 Å². The standard InChI is InChI=1S/C32H34ClN3O4S/c33-23-12-14-24(15-13-23)35-19-8-16-32-27(30(39)36(28(32)31(35)40)18-5-2-6-20-37)26-25(41-32)11-7-17-34(29(26)38)21-22-9-3-1-4-10-22/h1,3-4,7-16,25-28,37H,2,5-6,17-21H2/t25-,26+,27-,28?,32-/m0/s1. The molecular formula is C32H34ClN3O4S. The number of hydrogen-bond acceptors (Lipinski definition) is 5. The summed E-state index contributed by atoms with van der Waals surface area (Å²) in [6.07, 6.45) is 10.2. The fourth-order valence-electron chi connectivity index (χ4n) is 6.80. The maximum absolute atomic E-state index is 14.4. The second-order valence-corrected chi connectivity index (χ2v) is 13.0. The third-order valence-corrected chi connectivity index (χ3v) is 10.6. The van der Waals surface area contributed by atoms with Gasteiger partial charge in [-0.2, -0.15) is 0 Å². The van der Waals surface area contributed by atoms with Gasteiger partial charge in [0, 0.05) is 48.7 Å². The Morgan fingerprint density at radius 2 is 1.68 bits per heavy atom. The minimum Gasteiger partial charge on any atom is -0.396 e. The first-order valence-electron chi connectivity index (χ1n) is 14.3. The molecule has 1 unspecified atom stereocenters. The molecule has 2 aromatic carbocycles. The lowest BCUT2D eigenvalue weighted by Crippen LogP contribution is -2.53. The molecule has 4 heterocycles. The fourth-order valence-corrected chi connectivity index (χ4v) is 8.93. The highest BCUT2D eigenvalue weighted by Gasteiger charge is 2.70. The molecule has 0 aromatic heterocycles. The Balaban J connectivity index is 1.37. The number of fused-ring (bicyclic) bond motifs is 2. The number of carbonyl (C=O) groups excluding carboxylic acids is 3. The van der Waals surface area contributed by atoms with Crippen molar-refractivity contribution in [3.8, 4) is 0 Å². The molecule has 0 aliphatic carbocycles. The van der Waals surface area contributed by atoms with Crippen LogP contribution in [-0.4, -0.2) is 74.9 Å². The number of hydrogen-bond donors (Lipinski definition) is 1. The third kappa shape index (κ3) is 5.00. The molecule has 1 spiro atoms. The third-order valence-electron chi connectivity index (χ3n) is 8.65. The molecular weight excluding hydrogens is 558 g/mol. The summed E-state index contributed by atoms with van der Waals surface area (Å²) in [5.74, 6) is -1.50. The molecule has 5 atom stereocenters. The predicted octanol–water partition coefficient (Wildman–Crippen LogP) is 4.30. The van der Waals surface area contributed by atoms with E-state index < -0.39 is 22.6 Å². The smallest absolute Gasteiger partial charge is 0.251 e. The quantitative estimate of drug-likeness (QED) is 0.366. The van der Waals surface area contributed by atoms with E-state index in [1.165, 1.54) is 0 Å². The van der Waals surface area contributed by atoms with Gasteiger partial charge in [-0.3, -0.25) is 14.4 Å². The number of carbonyl (C=O) groups is 3. The summed E-state index contributed by atoms with van der Waals surface area (Å²) in [5.41, 5.74) is 1.76. The number of anilines is 1. The highest BCUT2D eigenvalue weighted by atomic mass is 35.5. The molecule has 4 aliphatic heterocycles. The number of aliphatic hydroxyl groups excluding tert-OH is 1. The van der Waals surface area contributed by atoms with Crippen LogP contribution in [0.25, 0.3) is 0 Å². The summed E-state index contributed by atoms with van der Waals surface area (Å²) in [4.78, 5) is 48.3. The van der Waals surface area contributed by atoms with E-state index in [0.29, 0.717) is 44.0 Å². The van der Waals surface area contributed by atoms with Gasteiger partial charge in [0.25, 0.3) is 5.91 Å².